The molecule has 0 atom stereocenters. The van der Waals surface area contributed by atoms with Gasteiger partial charge in [0.05, 0.1) is 0 Å². The van der Waals surface area contributed by atoms with Gasteiger partial charge in [0, 0.05) is 0 Å². The van der Waals surface area contributed by atoms with Crippen LogP contribution in [-0.2, 0) is 38.0 Å². The predicted octanol–water partition coefficient (Wildman–Crippen LogP) is 10.0. The summed E-state index contributed by atoms with van der Waals surface area (Å²) >= 11 is -5.95. The van der Waals surface area contributed by atoms with Gasteiger partial charge in [0.25, 0.3) is 0 Å². The Morgan fingerprint density at radius 1 is 0.667 bits per heavy atom. The van der Waals surface area contributed by atoms with Crippen LogP contribution < -0.4 is 8.90 Å². The summed E-state index contributed by atoms with van der Waals surface area (Å²) in [6.45, 7) is 5.74. The van der Waals surface area contributed by atoms with Crippen LogP contribution in [0.4, 0.5) is 26.3 Å². The Hall–Kier alpha value is -3.71. The molecule has 0 unspecified atom stereocenters. The molecule has 2 aliphatic rings. The molecule has 0 saturated carbocycles. The first-order chi connectivity index (χ1) is 21.2. The molecule has 45 heavy (non-hydrogen) atoms. The number of fused-ring (bicyclic) bond motifs is 3. The second-order valence-corrected chi connectivity index (χ2v) is 23.4. The van der Waals surface area contributed by atoms with E-state index in [0.717, 1.165) is 61.9 Å². The SMILES string of the molecule is CC1=CC[C]([Zr]([O]c2ccc(C(F)(F)F)cc2)([O]c2ccc(C(F)(F)F)cc2)(=[C](C)C)[c]2cccc3c2Cc2ccccc2-3)=C1. The van der Waals surface area contributed by atoms with Crippen molar-refractivity contribution in [3.8, 4) is 22.6 Å². The van der Waals surface area contributed by atoms with Gasteiger partial charge in [0.2, 0.25) is 0 Å². The van der Waals surface area contributed by atoms with Crippen molar-refractivity contribution >= 4 is 6.48 Å². The molecule has 0 saturated heterocycles. The summed E-state index contributed by atoms with van der Waals surface area (Å²) in [6, 6.07) is 23.0. The minimum absolute atomic E-state index is 0.181. The van der Waals surface area contributed by atoms with Crippen molar-refractivity contribution in [1.29, 1.82) is 0 Å². The Bertz CT molecular complexity index is 1860. The fourth-order valence-electron chi connectivity index (χ4n) is 6.67. The molecule has 4 aromatic rings. The maximum absolute atomic E-state index is 13.5. The van der Waals surface area contributed by atoms with Crippen LogP contribution in [0.5, 0.6) is 11.5 Å². The summed E-state index contributed by atoms with van der Waals surface area (Å²) in [5.41, 5.74) is 3.49. The van der Waals surface area contributed by atoms with E-state index in [4.69, 9.17) is 5.63 Å². The van der Waals surface area contributed by atoms with Gasteiger partial charge in [-0.2, -0.15) is 0 Å². The standard InChI is InChI=1S/C13H9.2C7H5F3O.C6H7.C3H6.Zr/c1-3-7-12-10(5-1)9-11-6-2-4-8-13(11)12;2*8-7(9,10)5-1-3-6(11)4-2-5;1-6-4-2-3-5-6;1-3-2;/h1-5,7-8H,9H2;2*1-4,11H;4-5H,2H2,1H3;1-2H3;/q;;;;;+2/p-2. The molecule has 0 aromatic heterocycles. The van der Waals surface area contributed by atoms with Gasteiger partial charge >= 0.3 is 260 Å². The second kappa shape index (κ2) is 11.0. The number of benzene rings is 4. The average Bonchev–Trinajstić information content (AvgIpc) is 3.60. The summed E-state index contributed by atoms with van der Waals surface area (Å²) in [6.07, 6.45) is -4.00. The quantitative estimate of drug-likeness (QED) is 0.164. The van der Waals surface area contributed by atoms with Gasteiger partial charge in [-0.3, -0.25) is 0 Å². The van der Waals surface area contributed by atoms with Crippen molar-refractivity contribution in [3.63, 3.8) is 0 Å². The molecular weight excluding hydrogens is 670 g/mol. The molecule has 2 aliphatic carbocycles. The molecule has 0 amide bonds. The summed E-state index contributed by atoms with van der Waals surface area (Å²) in [5.74, 6) is 0.362. The van der Waals surface area contributed by atoms with Gasteiger partial charge in [-0.05, 0) is 0 Å². The first kappa shape index (κ1) is 31.3. The van der Waals surface area contributed by atoms with Crippen LogP contribution in [0.15, 0.2) is 112 Å². The molecule has 9 heteroatoms. The molecule has 0 aliphatic heterocycles. The normalized spacial score (nSPS) is 14.8. The molecular formula is C36H30F6O2Zr. The van der Waals surface area contributed by atoms with Crippen LogP contribution in [0.3, 0.4) is 0 Å². The molecule has 6 rings (SSSR count). The van der Waals surface area contributed by atoms with Crippen molar-refractivity contribution in [2.45, 2.75) is 46.0 Å². The molecule has 0 bridgehead atoms. The Balaban J connectivity index is 1.68. The Morgan fingerprint density at radius 2 is 1.20 bits per heavy atom. The molecule has 4 aromatic carbocycles. The molecule has 232 valence electrons. The Kier molecular flexibility index (Phi) is 7.63. The zero-order valence-corrected chi connectivity index (χ0v) is 27.3. The van der Waals surface area contributed by atoms with E-state index in [9.17, 15) is 26.3 Å². The van der Waals surface area contributed by atoms with E-state index < -0.39 is 42.7 Å². The van der Waals surface area contributed by atoms with Gasteiger partial charge in [-0.1, -0.05) is 0 Å². The van der Waals surface area contributed by atoms with Crippen molar-refractivity contribution < 1.29 is 51.1 Å². The first-order valence-corrected chi connectivity index (χ1v) is 20.2. The van der Waals surface area contributed by atoms with E-state index in [1.165, 1.54) is 24.3 Å². The van der Waals surface area contributed by atoms with Crippen LogP contribution in [-0.4, -0.2) is 3.21 Å². The van der Waals surface area contributed by atoms with Crippen molar-refractivity contribution in [3.05, 3.63) is 134 Å². The van der Waals surface area contributed by atoms with E-state index in [2.05, 4.69) is 6.07 Å². The average molecular weight is 700 g/mol. The number of hydrogen-bond acceptors (Lipinski definition) is 2. The van der Waals surface area contributed by atoms with Gasteiger partial charge < -0.3 is 0 Å². The molecule has 0 fully saturated rings. The number of rotatable bonds is 6. The number of halogens is 6. The molecule has 0 radical (unpaired) electrons. The van der Waals surface area contributed by atoms with Crippen LogP contribution in [0.1, 0.15) is 49.4 Å². The fourth-order valence-corrected chi connectivity index (χ4v) is 20.8. The van der Waals surface area contributed by atoms with Crippen molar-refractivity contribution in [2.24, 2.45) is 0 Å². The third kappa shape index (κ3) is 5.23. The summed E-state index contributed by atoms with van der Waals surface area (Å²) in [4.78, 5) is 0. The zero-order chi connectivity index (χ0) is 32.2. The van der Waals surface area contributed by atoms with Crippen molar-refractivity contribution in [2.75, 3.05) is 0 Å². The third-order valence-corrected chi connectivity index (χ3v) is 23.7. The summed E-state index contributed by atoms with van der Waals surface area (Å²) in [5, 5.41) is 0. The number of alkyl halides is 6. The van der Waals surface area contributed by atoms with Crippen LogP contribution >= 0.6 is 0 Å². The zero-order valence-electron chi connectivity index (χ0n) is 24.8. The van der Waals surface area contributed by atoms with Crippen LogP contribution in [0.25, 0.3) is 11.1 Å². The van der Waals surface area contributed by atoms with Gasteiger partial charge in [0.1, 0.15) is 0 Å². The Labute approximate surface area is 259 Å². The molecule has 0 spiro atoms. The van der Waals surface area contributed by atoms with Crippen molar-refractivity contribution in [1.82, 2.24) is 0 Å². The Morgan fingerprint density at radius 3 is 1.69 bits per heavy atom. The van der Waals surface area contributed by atoms with Crippen LogP contribution in [0, 0.1) is 0 Å². The van der Waals surface area contributed by atoms with E-state index in [1.807, 2.05) is 69.3 Å². The van der Waals surface area contributed by atoms with Gasteiger partial charge in [-0.15, -0.1) is 0 Å². The molecule has 2 nitrogen and oxygen atoms in total. The predicted molar refractivity (Wildman–Crippen MR) is 161 cm³/mol. The number of hydrogen-bond donors (Lipinski definition) is 0. The monoisotopic (exact) mass is 698 g/mol. The van der Waals surface area contributed by atoms with E-state index >= 15 is 0 Å². The first-order valence-electron chi connectivity index (χ1n) is 14.5. The minimum atomic E-state index is -5.95. The van der Waals surface area contributed by atoms with Gasteiger partial charge in [-0.25, -0.2) is 0 Å². The topological polar surface area (TPSA) is 18.5 Å². The molecule has 0 N–H and O–H groups in total. The third-order valence-electron chi connectivity index (χ3n) is 8.87. The fraction of sp³-hybridized carbons (Fsp3) is 0.194. The molecule has 0 heterocycles. The summed E-state index contributed by atoms with van der Waals surface area (Å²) < 4.78 is 98.2. The maximum atomic E-state index is 13.5. The number of allylic oxidation sites excluding steroid dienone is 4. The summed E-state index contributed by atoms with van der Waals surface area (Å²) in [7, 11) is 0. The van der Waals surface area contributed by atoms with Gasteiger partial charge in [0.15, 0.2) is 0 Å². The van der Waals surface area contributed by atoms with E-state index in [-0.39, 0.29) is 11.5 Å². The second-order valence-electron chi connectivity index (χ2n) is 11.8. The van der Waals surface area contributed by atoms with Crippen LogP contribution in [0.2, 0.25) is 0 Å². The van der Waals surface area contributed by atoms with E-state index in [1.54, 1.807) is 0 Å². The van der Waals surface area contributed by atoms with E-state index in [0.29, 0.717) is 12.8 Å².